The summed E-state index contributed by atoms with van der Waals surface area (Å²) in [5.74, 6) is 2.44. The van der Waals surface area contributed by atoms with Crippen molar-refractivity contribution in [2.75, 3.05) is 19.6 Å². The second kappa shape index (κ2) is 7.13. The molecule has 0 aromatic heterocycles. The van der Waals surface area contributed by atoms with Crippen molar-refractivity contribution in [1.82, 2.24) is 9.80 Å². The number of carbonyl (C=O) groups excluding carboxylic acids is 1. The fourth-order valence-corrected chi connectivity index (χ4v) is 3.76. The van der Waals surface area contributed by atoms with Crippen LogP contribution in [-0.2, 0) is 4.79 Å². The van der Waals surface area contributed by atoms with Crippen LogP contribution in [0.25, 0.3) is 0 Å². The average Bonchev–Trinajstić information content (AvgIpc) is 2.65. The number of nitrogens with zero attached hydrogens (tertiary/aromatic N) is 2. The minimum Gasteiger partial charge on any atom is -0.340 e. The second-order valence-electron chi connectivity index (χ2n) is 8.03. The van der Waals surface area contributed by atoms with Gasteiger partial charge >= 0.3 is 0 Å². The lowest BCUT2D eigenvalue weighted by Gasteiger charge is -2.42. The minimum absolute atomic E-state index is 0.392. The molecule has 3 nitrogen and oxygen atoms in total. The molecule has 0 aliphatic carbocycles. The summed E-state index contributed by atoms with van der Waals surface area (Å²) in [5.41, 5.74) is 0. The zero-order chi connectivity index (χ0) is 15.6. The molecule has 3 atom stereocenters. The van der Waals surface area contributed by atoms with E-state index in [1.54, 1.807) is 0 Å². The first-order valence-electron chi connectivity index (χ1n) is 8.92. The number of rotatable bonds is 6. The molecule has 2 aliphatic rings. The van der Waals surface area contributed by atoms with Crippen LogP contribution < -0.4 is 0 Å². The van der Waals surface area contributed by atoms with Gasteiger partial charge in [-0.2, -0.15) is 0 Å². The van der Waals surface area contributed by atoms with E-state index in [2.05, 4.69) is 44.4 Å². The van der Waals surface area contributed by atoms with Crippen LogP contribution in [0.1, 0.15) is 60.3 Å². The third-order valence-electron chi connectivity index (χ3n) is 5.51. The number of carbonyl (C=O) groups is 1. The number of piperazine rings is 1. The van der Waals surface area contributed by atoms with Crippen molar-refractivity contribution in [3.8, 4) is 0 Å². The van der Waals surface area contributed by atoms with Crippen molar-refractivity contribution >= 4 is 5.91 Å². The van der Waals surface area contributed by atoms with Gasteiger partial charge in [-0.25, -0.2) is 0 Å². The molecule has 3 heteroatoms. The highest BCUT2D eigenvalue weighted by Crippen LogP contribution is 2.31. The third-order valence-corrected chi connectivity index (χ3v) is 5.51. The highest BCUT2D eigenvalue weighted by atomic mass is 16.2. The molecular weight excluding hydrogens is 260 g/mol. The van der Waals surface area contributed by atoms with E-state index in [4.69, 9.17) is 0 Å². The number of hydrogen-bond acceptors (Lipinski definition) is 2. The van der Waals surface area contributed by atoms with Crippen molar-refractivity contribution in [3.05, 3.63) is 0 Å². The molecule has 0 aromatic carbocycles. The molecule has 0 radical (unpaired) electrons. The fourth-order valence-electron chi connectivity index (χ4n) is 3.76. The summed E-state index contributed by atoms with van der Waals surface area (Å²) in [6.45, 7) is 14.5. The lowest BCUT2D eigenvalue weighted by atomic mass is 9.93. The molecule has 2 rings (SSSR count). The third kappa shape index (κ3) is 4.21. The van der Waals surface area contributed by atoms with Crippen LogP contribution in [0.3, 0.4) is 0 Å². The van der Waals surface area contributed by atoms with E-state index in [0.717, 1.165) is 31.8 Å². The minimum atomic E-state index is 0.392. The van der Waals surface area contributed by atoms with Crippen molar-refractivity contribution in [1.29, 1.82) is 0 Å². The van der Waals surface area contributed by atoms with Crippen molar-refractivity contribution in [3.63, 3.8) is 0 Å². The highest BCUT2D eigenvalue weighted by molar-refractivity contribution is 5.76. The zero-order valence-corrected chi connectivity index (χ0v) is 14.6. The van der Waals surface area contributed by atoms with E-state index in [0.29, 0.717) is 29.8 Å². The molecule has 1 unspecified atom stereocenters. The molecule has 1 amide bonds. The quantitative estimate of drug-likeness (QED) is 0.749. The Morgan fingerprint density at radius 3 is 2.10 bits per heavy atom. The Kier molecular flexibility index (Phi) is 5.70. The number of likely N-dealkylation sites (tertiary alicyclic amines) is 1. The van der Waals surface area contributed by atoms with E-state index in [1.807, 2.05) is 0 Å². The smallest absolute Gasteiger partial charge is 0.222 e. The lowest BCUT2D eigenvalue weighted by molar-refractivity contribution is -0.135. The Balaban J connectivity index is 1.83. The molecule has 122 valence electrons. The van der Waals surface area contributed by atoms with Crippen molar-refractivity contribution in [2.45, 2.75) is 72.4 Å². The van der Waals surface area contributed by atoms with Gasteiger partial charge in [0.05, 0.1) is 0 Å². The maximum absolute atomic E-state index is 12.5. The molecule has 2 saturated heterocycles. The normalized spacial score (nSPS) is 27.7. The Labute approximate surface area is 131 Å². The van der Waals surface area contributed by atoms with Gasteiger partial charge in [-0.1, -0.05) is 34.6 Å². The van der Waals surface area contributed by atoms with Crippen LogP contribution in [0.2, 0.25) is 0 Å². The first-order chi connectivity index (χ1) is 9.88. The molecule has 2 fully saturated rings. The molecular formula is C18H34N2O. The van der Waals surface area contributed by atoms with Crippen molar-refractivity contribution < 1.29 is 4.79 Å². The second-order valence-corrected chi connectivity index (χ2v) is 8.03. The molecule has 2 aliphatic heterocycles. The van der Waals surface area contributed by atoms with E-state index < -0.39 is 0 Å². The first kappa shape index (κ1) is 16.8. The Morgan fingerprint density at radius 1 is 1.05 bits per heavy atom. The van der Waals surface area contributed by atoms with Gasteiger partial charge in [-0.3, -0.25) is 9.69 Å². The average molecular weight is 294 g/mol. The number of fused-ring (bicyclic) bond motifs is 2. The van der Waals surface area contributed by atoms with Gasteiger partial charge in [0.15, 0.2) is 0 Å². The predicted molar refractivity (Wildman–Crippen MR) is 88.2 cm³/mol. The Hall–Kier alpha value is -0.570. The van der Waals surface area contributed by atoms with Gasteiger partial charge in [-0.05, 0) is 37.0 Å². The van der Waals surface area contributed by atoms with E-state index in [9.17, 15) is 4.79 Å². The van der Waals surface area contributed by atoms with E-state index in [1.165, 1.54) is 19.4 Å². The standard InChI is InChI=1S/C18H34N2O/c1-13(2)10-20-16-7-8-17(20)12-19(11-16)18(21)9-6-15(5)14(3)4/h13-17H,6-12H2,1-5H3/t15?,16-,17+. The van der Waals surface area contributed by atoms with Crippen LogP contribution in [0.4, 0.5) is 0 Å². The maximum Gasteiger partial charge on any atom is 0.222 e. The summed E-state index contributed by atoms with van der Waals surface area (Å²) in [4.78, 5) is 17.3. The van der Waals surface area contributed by atoms with Crippen LogP contribution in [0.15, 0.2) is 0 Å². The summed E-state index contributed by atoms with van der Waals surface area (Å²) < 4.78 is 0. The number of hydrogen-bond donors (Lipinski definition) is 0. The molecule has 0 N–H and O–H groups in total. The highest BCUT2D eigenvalue weighted by Gasteiger charge is 2.40. The molecule has 2 bridgehead atoms. The fraction of sp³-hybridized carbons (Fsp3) is 0.944. The number of amides is 1. The van der Waals surface area contributed by atoms with Gasteiger partial charge in [0.2, 0.25) is 5.91 Å². The van der Waals surface area contributed by atoms with Gasteiger partial charge in [-0.15, -0.1) is 0 Å². The summed E-state index contributed by atoms with van der Waals surface area (Å²) in [7, 11) is 0. The molecule has 2 heterocycles. The van der Waals surface area contributed by atoms with E-state index in [-0.39, 0.29) is 0 Å². The zero-order valence-electron chi connectivity index (χ0n) is 14.6. The summed E-state index contributed by atoms with van der Waals surface area (Å²) in [6.07, 6.45) is 4.34. The van der Waals surface area contributed by atoms with Gasteiger partial charge in [0.25, 0.3) is 0 Å². The summed E-state index contributed by atoms with van der Waals surface area (Å²) >= 11 is 0. The maximum atomic E-state index is 12.5. The van der Waals surface area contributed by atoms with E-state index >= 15 is 0 Å². The van der Waals surface area contributed by atoms with Crippen molar-refractivity contribution in [2.24, 2.45) is 17.8 Å². The van der Waals surface area contributed by atoms with Gasteiger partial charge in [0, 0.05) is 38.1 Å². The molecule has 21 heavy (non-hydrogen) atoms. The monoisotopic (exact) mass is 294 g/mol. The first-order valence-corrected chi connectivity index (χ1v) is 8.92. The molecule has 0 spiro atoms. The predicted octanol–water partition coefficient (Wildman–Crippen LogP) is 3.39. The summed E-state index contributed by atoms with van der Waals surface area (Å²) in [5, 5.41) is 0. The Morgan fingerprint density at radius 2 is 1.62 bits per heavy atom. The Bertz CT molecular complexity index is 339. The summed E-state index contributed by atoms with van der Waals surface area (Å²) in [6, 6.07) is 1.25. The van der Waals surface area contributed by atoms with Crippen LogP contribution in [0.5, 0.6) is 0 Å². The topological polar surface area (TPSA) is 23.6 Å². The lowest BCUT2D eigenvalue weighted by Crippen LogP contribution is -2.56. The largest absolute Gasteiger partial charge is 0.340 e. The van der Waals surface area contributed by atoms with Crippen LogP contribution in [-0.4, -0.2) is 47.4 Å². The van der Waals surface area contributed by atoms with Crippen LogP contribution in [0, 0.1) is 17.8 Å². The van der Waals surface area contributed by atoms with Crippen LogP contribution >= 0.6 is 0 Å². The molecule has 0 saturated carbocycles. The molecule has 0 aromatic rings. The van der Waals surface area contributed by atoms with Gasteiger partial charge in [0.1, 0.15) is 0 Å². The SMILES string of the molecule is CC(C)CN1[C@@H]2CC[C@H]1CN(C(=O)CCC(C)C(C)C)C2. The van der Waals surface area contributed by atoms with Gasteiger partial charge < -0.3 is 4.90 Å².